The molecule has 0 amide bonds. The monoisotopic (exact) mass is 230 g/mol. The fourth-order valence-corrected chi connectivity index (χ4v) is 3.53. The lowest BCUT2D eigenvalue weighted by Gasteiger charge is -2.23. The summed E-state index contributed by atoms with van der Waals surface area (Å²) in [4.78, 5) is 0. The van der Waals surface area contributed by atoms with Gasteiger partial charge in [-0.2, -0.15) is 0 Å². The average Bonchev–Trinajstić information content (AvgIpc) is 3.03. The number of aromatic hydroxyl groups is 1. The highest BCUT2D eigenvalue weighted by Gasteiger charge is 2.37. The zero-order valence-electron chi connectivity index (χ0n) is 10.4. The number of hydrogen-bond acceptors (Lipinski definition) is 1. The van der Waals surface area contributed by atoms with Crippen molar-refractivity contribution in [2.24, 2.45) is 17.8 Å². The molecule has 0 spiro atoms. The number of rotatable bonds is 4. The fraction of sp³-hybridized carbons (Fsp3) is 0.625. The molecule has 0 aromatic heterocycles. The Morgan fingerprint density at radius 1 is 0.941 bits per heavy atom. The molecule has 0 radical (unpaired) electrons. The van der Waals surface area contributed by atoms with Gasteiger partial charge in [-0.1, -0.05) is 37.8 Å². The second-order valence-corrected chi connectivity index (χ2v) is 5.92. The van der Waals surface area contributed by atoms with Crippen LogP contribution in [0.5, 0.6) is 5.75 Å². The molecule has 2 aliphatic carbocycles. The lowest BCUT2D eigenvalue weighted by molar-refractivity contribution is 0.298. The predicted molar refractivity (Wildman–Crippen MR) is 70.0 cm³/mol. The Morgan fingerprint density at radius 3 is 2.12 bits per heavy atom. The van der Waals surface area contributed by atoms with Crippen LogP contribution in [0.1, 0.15) is 44.1 Å². The largest absolute Gasteiger partial charge is 0.508 e. The van der Waals surface area contributed by atoms with Crippen molar-refractivity contribution in [3.8, 4) is 5.75 Å². The van der Waals surface area contributed by atoms with Crippen molar-refractivity contribution >= 4 is 0 Å². The maximum Gasteiger partial charge on any atom is 0.115 e. The van der Waals surface area contributed by atoms with E-state index in [2.05, 4.69) is 12.1 Å². The normalized spacial score (nSPS) is 22.8. The first-order chi connectivity index (χ1) is 8.33. The maximum absolute atomic E-state index is 9.32. The van der Waals surface area contributed by atoms with Crippen LogP contribution in [0, 0.1) is 17.8 Å². The Labute approximate surface area is 104 Å². The molecule has 1 aromatic rings. The van der Waals surface area contributed by atoms with E-state index < -0.39 is 0 Å². The van der Waals surface area contributed by atoms with Crippen LogP contribution in [0.3, 0.4) is 0 Å². The first kappa shape index (κ1) is 11.1. The predicted octanol–water partition coefficient (Wildman–Crippen LogP) is 4.15. The molecule has 1 nitrogen and oxygen atoms in total. The SMILES string of the molecule is Oc1ccc(CC(C2CCCC2)C2CC2)cc1. The highest BCUT2D eigenvalue weighted by atomic mass is 16.3. The van der Waals surface area contributed by atoms with Crippen LogP contribution >= 0.6 is 0 Å². The summed E-state index contributed by atoms with van der Waals surface area (Å²) in [5, 5.41) is 9.32. The minimum atomic E-state index is 0.387. The van der Waals surface area contributed by atoms with Crippen molar-refractivity contribution in [1.82, 2.24) is 0 Å². The van der Waals surface area contributed by atoms with Crippen LogP contribution in [0.4, 0.5) is 0 Å². The molecule has 2 saturated carbocycles. The smallest absolute Gasteiger partial charge is 0.115 e. The molecule has 1 heteroatoms. The minimum Gasteiger partial charge on any atom is -0.508 e. The van der Waals surface area contributed by atoms with E-state index in [0.717, 1.165) is 17.8 Å². The van der Waals surface area contributed by atoms with Gasteiger partial charge in [0, 0.05) is 0 Å². The van der Waals surface area contributed by atoms with E-state index in [1.807, 2.05) is 12.1 Å². The first-order valence-electron chi connectivity index (χ1n) is 7.11. The topological polar surface area (TPSA) is 20.2 Å². The van der Waals surface area contributed by atoms with Crippen LogP contribution in [-0.2, 0) is 6.42 Å². The summed E-state index contributed by atoms with van der Waals surface area (Å²) in [5.74, 6) is 3.29. The van der Waals surface area contributed by atoms with Gasteiger partial charge in [-0.05, 0) is 54.7 Å². The molecule has 1 N–H and O–H groups in total. The highest BCUT2D eigenvalue weighted by molar-refractivity contribution is 5.26. The Morgan fingerprint density at radius 2 is 1.53 bits per heavy atom. The Balaban J connectivity index is 1.69. The van der Waals surface area contributed by atoms with Gasteiger partial charge in [0.2, 0.25) is 0 Å². The molecule has 17 heavy (non-hydrogen) atoms. The van der Waals surface area contributed by atoms with Crippen molar-refractivity contribution in [3.05, 3.63) is 29.8 Å². The molecule has 1 aromatic carbocycles. The van der Waals surface area contributed by atoms with E-state index in [1.54, 1.807) is 0 Å². The van der Waals surface area contributed by atoms with Crippen molar-refractivity contribution in [1.29, 1.82) is 0 Å². The molecule has 3 rings (SSSR count). The third-order valence-electron chi connectivity index (χ3n) is 4.64. The van der Waals surface area contributed by atoms with E-state index in [1.165, 1.54) is 50.5 Å². The van der Waals surface area contributed by atoms with E-state index in [-0.39, 0.29) is 0 Å². The summed E-state index contributed by atoms with van der Waals surface area (Å²) in [6, 6.07) is 7.85. The van der Waals surface area contributed by atoms with E-state index in [9.17, 15) is 5.11 Å². The zero-order valence-corrected chi connectivity index (χ0v) is 10.4. The number of benzene rings is 1. The average molecular weight is 230 g/mol. The minimum absolute atomic E-state index is 0.387. The molecule has 0 saturated heterocycles. The first-order valence-corrected chi connectivity index (χ1v) is 7.11. The number of hydrogen-bond donors (Lipinski definition) is 1. The quantitative estimate of drug-likeness (QED) is 0.823. The van der Waals surface area contributed by atoms with Crippen LogP contribution < -0.4 is 0 Å². The van der Waals surface area contributed by atoms with Crippen LogP contribution in [0.15, 0.2) is 24.3 Å². The van der Waals surface area contributed by atoms with Crippen molar-refractivity contribution in [2.75, 3.05) is 0 Å². The molecule has 0 bridgehead atoms. The van der Waals surface area contributed by atoms with Gasteiger partial charge in [0.1, 0.15) is 5.75 Å². The van der Waals surface area contributed by atoms with Gasteiger partial charge in [0.05, 0.1) is 0 Å². The Hall–Kier alpha value is -0.980. The van der Waals surface area contributed by atoms with E-state index in [4.69, 9.17) is 0 Å². The molecule has 0 heterocycles. The molecule has 1 atom stereocenters. The standard InChI is InChI=1S/C16H22O/c17-15-9-5-12(6-10-15)11-16(14-7-8-14)13-3-1-2-4-13/h5-6,9-10,13-14,16-17H,1-4,7-8,11H2. The van der Waals surface area contributed by atoms with Gasteiger partial charge >= 0.3 is 0 Å². The van der Waals surface area contributed by atoms with Crippen molar-refractivity contribution in [3.63, 3.8) is 0 Å². The summed E-state index contributed by atoms with van der Waals surface area (Å²) in [6.07, 6.45) is 9.96. The lowest BCUT2D eigenvalue weighted by atomic mass is 9.82. The van der Waals surface area contributed by atoms with Gasteiger partial charge < -0.3 is 5.11 Å². The van der Waals surface area contributed by atoms with Gasteiger partial charge in [0.15, 0.2) is 0 Å². The molecule has 2 aliphatic rings. The molecule has 2 fully saturated rings. The summed E-state index contributed by atoms with van der Waals surface area (Å²) in [5.41, 5.74) is 1.41. The third kappa shape index (κ3) is 2.65. The highest BCUT2D eigenvalue weighted by Crippen LogP contribution is 2.47. The zero-order chi connectivity index (χ0) is 11.7. The summed E-state index contributed by atoms with van der Waals surface area (Å²) < 4.78 is 0. The van der Waals surface area contributed by atoms with Crippen LogP contribution in [-0.4, -0.2) is 5.11 Å². The second kappa shape index (κ2) is 4.72. The Kier molecular flexibility index (Phi) is 3.09. The van der Waals surface area contributed by atoms with Gasteiger partial charge in [-0.3, -0.25) is 0 Å². The molecular weight excluding hydrogens is 208 g/mol. The Bertz CT molecular complexity index is 358. The molecule has 0 aliphatic heterocycles. The third-order valence-corrected chi connectivity index (χ3v) is 4.64. The second-order valence-electron chi connectivity index (χ2n) is 5.92. The van der Waals surface area contributed by atoms with Crippen molar-refractivity contribution < 1.29 is 5.11 Å². The molecular formula is C16H22O. The van der Waals surface area contributed by atoms with Gasteiger partial charge in [-0.15, -0.1) is 0 Å². The maximum atomic E-state index is 9.32. The van der Waals surface area contributed by atoms with Crippen LogP contribution in [0.2, 0.25) is 0 Å². The number of phenols is 1. The summed E-state index contributed by atoms with van der Waals surface area (Å²) >= 11 is 0. The van der Waals surface area contributed by atoms with Gasteiger partial charge in [-0.25, -0.2) is 0 Å². The fourth-order valence-electron chi connectivity index (χ4n) is 3.53. The van der Waals surface area contributed by atoms with E-state index in [0.29, 0.717) is 5.75 Å². The number of phenolic OH excluding ortho intramolecular Hbond substituents is 1. The molecule has 1 unspecified atom stereocenters. The van der Waals surface area contributed by atoms with E-state index >= 15 is 0 Å². The van der Waals surface area contributed by atoms with Crippen molar-refractivity contribution in [2.45, 2.75) is 44.9 Å². The van der Waals surface area contributed by atoms with Crippen LogP contribution in [0.25, 0.3) is 0 Å². The van der Waals surface area contributed by atoms with Gasteiger partial charge in [0.25, 0.3) is 0 Å². The summed E-state index contributed by atoms with van der Waals surface area (Å²) in [7, 11) is 0. The lowest BCUT2D eigenvalue weighted by Crippen LogP contribution is -2.16. The summed E-state index contributed by atoms with van der Waals surface area (Å²) in [6.45, 7) is 0. The molecule has 92 valence electrons.